The summed E-state index contributed by atoms with van der Waals surface area (Å²) in [7, 11) is 0. The summed E-state index contributed by atoms with van der Waals surface area (Å²) in [5.74, 6) is -1.99. The number of amides is 4. The van der Waals surface area contributed by atoms with Crippen LogP contribution in [0.3, 0.4) is 0 Å². The lowest BCUT2D eigenvalue weighted by molar-refractivity contribution is -0.141. The Kier molecular flexibility index (Phi) is 9.47. The first-order valence-corrected chi connectivity index (χ1v) is 13.2. The van der Waals surface area contributed by atoms with Crippen LogP contribution < -0.4 is 10.6 Å². The van der Waals surface area contributed by atoms with Crippen LogP contribution in [0.5, 0.6) is 0 Å². The Hall–Kier alpha value is -4.19. The molecule has 1 aliphatic rings. The van der Waals surface area contributed by atoms with E-state index in [2.05, 4.69) is 37.5 Å². The number of likely N-dealkylation sites (tertiary alicyclic amines) is 1. The van der Waals surface area contributed by atoms with Gasteiger partial charge in [0.25, 0.3) is 5.91 Å². The van der Waals surface area contributed by atoms with Gasteiger partial charge in [0.2, 0.25) is 17.7 Å². The zero-order chi connectivity index (χ0) is 28.7. The number of carbonyl (C=O) groups excluding carboxylic acids is 4. The summed E-state index contributed by atoms with van der Waals surface area (Å²) in [5, 5.41) is 15.2. The number of benzene rings is 2. The van der Waals surface area contributed by atoms with Gasteiger partial charge in [-0.2, -0.15) is 5.26 Å². The van der Waals surface area contributed by atoms with E-state index in [1.807, 2.05) is 18.2 Å². The van der Waals surface area contributed by atoms with Crippen LogP contribution in [-0.4, -0.2) is 65.1 Å². The Balaban J connectivity index is 1.59. The fourth-order valence-corrected chi connectivity index (χ4v) is 4.53. The van der Waals surface area contributed by atoms with E-state index in [0.29, 0.717) is 11.3 Å². The van der Waals surface area contributed by atoms with Crippen molar-refractivity contribution in [3.05, 3.63) is 65.7 Å². The van der Waals surface area contributed by atoms with Crippen LogP contribution in [0.15, 0.2) is 54.6 Å². The van der Waals surface area contributed by atoms with Gasteiger partial charge in [0.15, 0.2) is 0 Å². The minimum atomic E-state index is -0.859. The van der Waals surface area contributed by atoms with Gasteiger partial charge < -0.3 is 20.4 Å². The second-order valence-electron chi connectivity index (χ2n) is 10.9. The van der Waals surface area contributed by atoms with E-state index in [1.165, 1.54) is 9.80 Å². The zero-order valence-corrected chi connectivity index (χ0v) is 23.2. The number of rotatable bonds is 8. The molecule has 0 saturated carbocycles. The van der Waals surface area contributed by atoms with Gasteiger partial charge in [0.05, 0.1) is 18.5 Å². The van der Waals surface area contributed by atoms with Crippen molar-refractivity contribution < 1.29 is 19.2 Å². The third kappa shape index (κ3) is 7.44. The molecule has 3 rings (SSSR count). The molecule has 3 unspecified atom stereocenters. The third-order valence-electron chi connectivity index (χ3n) is 6.93. The molecule has 2 aromatic carbocycles. The average molecular weight is 532 g/mol. The highest BCUT2D eigenvalue weighted by atomic mass is 16.2. The van der Waals surface area contributed by atoms with Crippen LogP contribution in [0.4, 0.5) is 5.69 Å². The maximum absolute atomic E-state index is 13.2. The molecule has 3 atom stereocenters. The predicted octanol–water partition coefficient (Wildman–Crippen LogP) is 3.33. The summed E-state index contributed by atoms with van der Waals surface area (Å²) in [6.45, 7) is 9.67. The first-order valence-electron chi connectivity index (χ1n) is 13.2. The predicted molar refractivity (Wildman–Crippen MR) is 149 cm³/mol. The maximum Gasteiger partial charge on any atom is 0.251 e. The molecule has 1 fully saturated rings. The lowest BCUT2D eigenvalue weighted by atomic mass is 9.86. The lowest BCUT2D eigenvalue weighted by Crippen LogP contribution is -2.51. The minimum absolute atomic E-state index is 0.0436. The summed E-state index contributed by atoms with van der Waals surface area (Å²) < 4.78 is 0. The fourth-order valence-electron chi connectivity index (χ4n) is 4.53. The Morgan fingerprint density at radius 2 is 1.72 bits per heavy atom. The number of nitrogens with one attached hydrogen (secondary N) is 2. The van der Waals surface area contributed by atoms with Crippen LogP contribution in [0.2, 0.25) is 0 Å². The number of likely N-dealkylation sites (N-methyl/N-ethyl adjacent to an activating group) is 1. The van der Waals surface area contributed by atoms with E-state index in [0.717, 1.165) is 5.56 Å². The second kappa shape index (κ2) is 12.6. The maximum atomic E-state index is 13.2. The molecule has 9 heteroatoms. The molecule has 0 aliphatic carbocycles. The van der Waals surface area contributed by atoms with Gasteiger partial charge in [-0.25, -0.2) is 0 Å². The van der Waals surface area contributed by atoms with E-state index in [9.17, 15) is 24.4 Å². The summed E-state index contributed by atoms with van der Waals surface area (Å²) in [6.07, 6.45) is 0.224. The zero-order valence-electron chi connectivity index (χ0n) is 23.2. The van der Waals surface area contributed by atoms with E-state index < -0.39 is 29.8 Å². The number of hydrogen-bond donors (Lipinski definition) is 2. The van der Waals surface area contributed by atoms with Crippen molar-refractivity contribution in [1.82, 2.24) is 15.1 Å². The van der Waals surface area contributed by atoms with Crippen LogP contribution in [0.25, 0.3) is 0 Å². The molecular weight excluding hydrogens is 494 g/mol. The van der Waals surface area contributed by atoms with E-state index in [1.54, 1.807) is 50.2 Å². The highest BCUT2D eigenvalue weighted by Crippen LogP contribution is 2.25. The number of nitrogens with zero attached hydrogens (tertiary/aromatic N) is 3. The molecule has 0 aromatic heterocycles. The molecule has 206 valence electrons. The molecule has 2 aromatic rings. The highest BCUT2D eigenvalue weighted by molar-refractivity contribution is 5.98. The topological polar surface area (TPSA) is 123 Å². The quantitative estimate of drug-likeness (QED) is 0.541. The largest absolute Gasteiger partial charge is 0.341 e. The number of anilines is 1. The first kappa shape index (κ1) is 29.4. The van der Waals surface area contributed by atoms with Crippen molar-refractivity contribution in [3.8, 4) is 6.07 Å². The number of hydrogen-bond acceptors (Lipinski definition) is 5. The molecule has 2 N–H and O–H groups in total. The van der Waals surface area contributed by atoms with Gasteiger partial charge in [-0.15, -0.1) is 0 Å². The van der Waals surface area contributed by atoms with Crippen molar-refractivity contribution in [2.24, 2.45) is 5.92 Å². The molecule has 1 aliphatic heterocycles. The van der Waals surface area contributed by atoms with Crippen molar-refractivity contribution in [2.45, 2.75) is 58.5 Å². The Morgan fingerprint density at radius 1 is 1.08 bits per heavy atom. The molecule has 1 saturated heterocycles. The number of nitriles is 1. The van der Waals surface area contributed by atoms with Gasteiger partial charge in [-0.05, 0) is 55.5 Å². The van der Waals surface area contributed by atoms with Crippen LogP contribution in [0.1, 0.15) is 57.0 Å². The molecule has 0 radical (unpaired) electrons. The number of carbonyl (C=O) groups is 4. The molecule has 9 nitrogen and oxygen atoms in total. The SMILES string of the molecule is CCN(CC(=O)N1CC(C(=O)Nc2ccccc2)CC1C#N)C(=O)C(C)NC(=O)c1ccc(C(C)(C)C)cc1. The van der Waals surface area contributed by atoms with Gasteiger partial charge in [-0.1, -0.05) is 51.1 Å². The second-order valence-corrected chi connectivity index (χ2v) is 10.9. The Morgan fingerprint density at radius 3 is 2.28 bits per heavy atom. The van der Waals surface area contributed by atoms with Crippen LogP contribution in [0, 0.1) is 17.2 Å². The van der Waals surface area contributed by atoms with E-state index in [-0.39, 0.29) is 43.3 Å². The average Bonchev–Trinajstić information content (AvgIpc) is 3.36. The lowest BCUT2D eigenvalue weighted by Gasteiger charge is -2.28. The summed E-state index contributed by atoms with van der Waals surface area (Å²) >= 11 is 0. The summed E-state index contributed by atoms with van der Waals surface area (Å²) in [6, 6.07) is 16.7. The van der Waals surface area contributed by atoms with Crippen LogP contribution >= 0.6 is 0 Å². The van der Waals surface area contributed by atoms with E-state index >= 15 is 0 Å². The summed E-state index contributed by atoms with van der Waals surface area (Å²) in [4.78, 5) is 54.5. The molecule has 4 amide bonds. The smallest absolute Gasteiger partial charge is 0.251 e. The normalized spacial score (nSPS) is 17.6. The van der Waals surface area contributed by atoms with Gasteiger partial charge >= 0.3 is 0 Å². The first-order chi connectivity index (χ1) is 18.4. The van der Waals surface area contributed by atoms with E-state index in [4.69, 9.17) is 0 Å². The number of para-hydroxylation sites is 1. The van der Waals surface area contributed by atoms with Gasteiger partial charge in [-0.3, -0.25) is 19.2 Å². The van der Waals surface area contributed by atoms with Gasteiger partial charge in [0.1, 0.15) is 12.1 Å². The minimum Gasteiger partial charge on any atom is -0.341 e. The highest BCUT2D eigenvalue weighted by Gasteiger charge is 2.39. The molecule has 39 heavy (non-hydrogen) atoms. The fraction of sp³-hybridized carbons (Fsp3) is 0.433. The molecule has 1 heterocycles. The third-order valence-corrected chi connectivity index (χ3v) is 6.93. The van der Waals surface area contributed by atoms with Crippen molar-refractivity contribution in [2.75, 3.05) is 25.0 Å². The molecule has 0 spiro atoms. The Bertz CT molecular complexity index is 1230. The van der Waals surface area contributed by atoms with Crippen molar-refractivity contribution in [1.29, 1.82) is 5.26 Å². The monoisotopic (exact) mass is 531 g/mol. The van der Waals surface area contributed by atoms with Gasteiger partial charge in [0, 0.05) is 24.3 Å². The molecular formula is C30H37N5O4. The Labute approximate surface area is 230 Å². The van der Waals surface area contributed by atoms with Crippen molar-refractivity contribution >= 4 is 29.3 Å². The standard InChI is InChI=1S/C30H37N5O4/c1-6-34(29(39)20(2)32-27(37)21-12-14-23(15-13-21)30(3,4)5)19-26(36)35-18-22(16-25(35)17-31)28(38)33-24-10-8-7-9-11-24/h7-15,20,22,25H,6,16,18-19H2,1-5H3,(H,32,37)(H,33,38). The summed E-state index contributed by atoms with van der Waals surface area (Å²) in [5.41, 5.74) is 2.13. The molecule has 0 bridgehead atoms. The van der Waals surface area contributed by atoms with Crippen molar-refractivity contribution in [3.63, 3.8) is 0 Å². The van der Waals surface area contributed by atoms with Crippen LogP contribution in [-0.2, 0) is 19.8 Å².